The third-order valence-corrected chi connectivity index (χ3v) is 3.63. The van der Waals surface area contributed by atoms with E-state index < -0.39 is 0 Å². The maximum atomic E-state index is 11.4. The maximum absolute atomic E-state index is 11.4. The summed E-state index contributed by atoms with van der Waals surface area (Å²) >= 11 is 0. The molecule has 2 aromatic carbocycles. The molecule has 1 heterocycles. The molecule has 0 radical (unpaired) electrons. The van der Waals surface area contributed by atoms with Gasteiger partial charge in [0.15, 0.2) is 0 Å². The molecule has 3 aromatic rings. The van der Waals surface area contributed by atoms with E-state index in [-0.39, 0.29) is 5.91 Å². The average Bonchev–Trinajstić information content (AvgIpc) is 2.89. The number of aryl methyl sites for hydroxylation is 1. The second-order valence-corrected chi connectivity index (χ2v) is 5.18. The van der Waals surface area contributed by atoms with Gasteiger partial charge in [-0.2, -0.15) is 0 Å². The lowest BCUT2D eigenvalue weighted by Crippen LogP contribution is -2.29. The molecule has 0 unspecified atom stereocenters. The van der Waals surface area contributed by atoms with Gasteiger partial charge in [0.2, 0.25) is 0 Å². The van der Waals surface area contributed by atoms with Crippen LogP contribution in [0.2, 0.25) is 0 Å². The summed E-state index contributed by atoms with van der Waals surface area (Å²) in [6, 6.07) is 16.0. The van der Waals surface area contributed by atoms with Crippen LogP contribution in [0.1, 0.15) is 21.5 Å². The summed E-state index contributed by atoms with van der Waals surface area (Å²) in [5.74, 6) is 4.85. The number of hydrogen-bond donors (Lipinski definition) is 2. The molecule has 0 fully saturated rings. The third-order valence-electron chi connectivity index (χ3n) is 3.63. The van der Waals surface area contributed by atoms with Crippen LogP contribution in [0.4, 0.5) is 0 Å². The topological polar surface area (TPSA) is 60.0 Å². The van der Waals surface area contributed by atoms with Crippen molar-refractivity contribution in [2.75, 3.05) is 0 Å². The van der Waals surface area contributed by atoms with E-state index in [4.69, 9.17) is 5.84 Å². The zero-order valence-corrected chi connectivity index (χ0v) is 11.8. The summed E-state index contributed by atoms with van der Waals surface area (Å²) in [6.45, 7) is 2.87. The van der Waals surface area contributed by atoms with Crippen molar-refractivity contribution in [1.82, 2.24) is 9.99 Å². The van der Waals surface area contributed by atoms with Crippen LogP contribution in [-0.4, -0.2) is 10.5 Å². The monoisotopic (exact) mass is 279 g/mol. The number of hydrazine groups is 1. The molecule has 1 aromatic heterocycles. The fourth-order valence-corrected chi connectivity index (χ4v) is 2.50. The second-order valence-electron chi connectivity index (χ2n) is 5.18. The van der Waals surface area contributed by atoms with Gasteiger partial charge in [0, 0.05) is 23.8 Å². The van der Waals surface area contributed by atoms with Crippen molar-refractivity contribution < 1.29 is 4.79 Å². The van der Waals surface area contributed by atoms with Crippen LogP contribution < -0.4 is 11.3 Å². The lowest BCUT2D eigenvalue weighted by molar-refractivity contribution is 0.0953. The molecule has 0 saturated carbocycles. The Morgan fingerprint density at radius 1 is 1.14 bits per heavy atom. The molecule has 0 aliphatic rings. The van der Waals surface area contributed by atoms with Crippen molar-refractivity contribution in [2.45, 2.75) is 13.5 Å². The highest BCUT2D eigenvalue weighted by Crippen LogP contribution is 2.19. The summed E-state index contributed by atoms with van der Waals surface area (Å²) < 4.78 is 2.20. The number of rotatable bonds is 3. The fraction of sp³-hybridized carbons (Fsp3) is 0.118. The summed E-state index contributed by atoms with van der Waals surface area (Å²) in [5.41, 5.74) is 6.31. The Bertz CT molecular complexity index is 787. The summed E-state index contributed by atoms with van der Waals surface area (Å²) in [4.78, 5) is 11.4. The molecule has 1 amide bonds. The van der Waals surface area contributed by atoms with Crippen LogP contribution in [0.25, 0.3) is 10.9 Å². The minimum atomic E-state index is -0.275. The Balaban J connectivity index is 1.86. The van der Waals surface area contributed by atoms with E-state index >= 15 is 0 Å². The highest BCUT2D eigenvalue weighted by Gasteiger charge is 2.05. The number of nitrogens with zero attached hydrogens (tertiary/aromatic N) is 1. The smallest absolute Gasteiger partial charge is 0.265 e. The van der Waals surface area contributed by atoms with Crippen LogP contribution in [0.5, 0.6) is 0 Å². The van der Waals surface area contributed by atoms with Gasteiger partial charge in [0.05, 0.1) is 0 Å². The lowest BCUT2D eigenvalue weighted by Gasteiger charge is -2.07. The van der Waals surface area contributed by atoms with Crippen molar-refractivity contribution in [1.29, 1.82) is 0 Å². The number of amides is 1. The van der Waals surface area contributed by atoms with Gasteiger partial charge in [0.25, 0.3) is 5.91 Å². The summed E-state index contributed by atoms with van der Waals surface area (Å²) in [5, 5.41) is 1.24. The molecule has 3 N–H and O–H groups in total. The van der Waals surface area contributed by atoms with E-state index in [0.29, 0.717) is 5.56 Å². The number of aromatic nitrogens is 1. The molecule has 0 aliphatic carbocycles. The van der Waals surface area contributed by atoms with Crippen LogP contribution >= 0.6 is 0 Å². The molecule has 0 atom stereocenters. The van der Waals surface area contributed by atoms with Gasteiger partial charge >= 0.3 is 0 Å². The van der Waals surface area contributed by atoms with Crippen LogP contribution in [0, 0.1) is 6.92 Å². The minimum absolute atomic E-state index is 0.275. The SMILES string of the molecule is Cc1ccc2c(ccn2Cc2ccc(C(=O)NN)cc2)c1. The average molecular weight is 279 g/mol. The first kappa shape index (κ1) is 13.4. The Morgan fingerprint density at radius 3 is 2.62 bits per heavy atom. The first-order chi connectivity index (χ1) is 10.2. The van der Waals surface area contributed by atoms with E-state index in [0.717, 1.165) is 12.1 Å². The molecule has 21 heavy (non-hydrogen) atoms. The van der Waals surface area contributed by atoms with E-state index in [1.807, 2.05) is 12.1 Å². The van der Waals surface area contributed by atoms with Gasteiger partial charge in [-0.1, -0.05) is 23.8 Å². The van der Waals surface area contributed by atoms with Crippen molar-refractivity contribution in [2.24, 2.45) is 5.84 Å². The normalized spacial score (nSPS) is 10.8. The van der Waals surface area contributed by atoms with Crippen molar-refractivity contribution in [3.63, 3.8) is 0 Å². The number of nitrogens with two attached hydrogens (primary N) is 1. The number of nitrogens with one attached hydrogen (secondary N) is 1. The van der Waals surface area contributed by atoms with E-state index in [2.05, 4.69) is 47.4 Å². The summed E-state index contributed by atoms with van der Waals surface area (Å²) in [6.07, 6.45) is 2.09. The fourth-order valence-electron chi connectivity index (χ4n) is 2.50. The van der Waals surface area contributed by atoms with Gasteiger partial charge in [-0.25, -0.2) is 5.84 Å². The quantitative estimate of drug-likeness (QED) is 0.440. The van der Waals surface area contributed by atoms with E-state index in [1.165, 1.54) is 16.5 Å². The molecule has 0 saturated heterocycles. The predicted molar refractivity (Wildman–Crippen MR) is 83.9 cm³/mol. The molecule has 0 spiro atoms. The number of hydrogen-bond acceptors (Lipinski definition) is 2. The third kappa shape index (κ3) is 2.66. The van der Waals surface area contributed by atoms with Crippen molar-refractivity contribution in [3.8, 4) is 0 Å². The molecule has 4 heteroatoms. The Kier molecular flexibility index (Phi) is 3.46. The van der Waals surface area contributed by atoms with Crippen molar-refractivity contribution in [3.05, 3.63) is 71.4 Å². The number of carbonyl (C=O) groups excluding carboxylic acids is 1. The van der Waals surface area contributed by atoms with Crippen molar-refractivity contribution >= 4 is 16.8 Å². The first-order valence-electron chi connectivity index (χ1n) is 6.83. The number of benzene rings is 2. The molecule has 3 rings (SSSR count). The highest BCUT2D eigenvalue weighted by atomic mass is 16.2. The molecule has 106 valence electrons. The second kappa shape index (κ2) is 5.42. The minimum Gasteiger partial charge on any atom is -0.343 e. The summed E-state index contributed by atoms with van der Waals surface area (Å²) in [7, 11) is 0. The highest BCUT2D eigenvalue weighted by molar-refractivity contribution is 5.93. The van der Waals surface area contributed by atoms with Crippen LogP contribution in [-0.2, 0) is 6.54 Å². The molecule has 4 nitrogen and oxygen atoms in total. The number of fused-ring (bicyclic) bond motifs is 1. The Hall–Kier alpha value is -2.59. The zero-order valence-electron chi connectivity index (χ0n) is 11.8. The van der Waals surface area contributed by atoms with Gasteiger partial charge in [-0.05, 0) is 48.2 Å². The first-order valence-corrected chi connectivity index (χ1v) is 6.83. The van der Waals surface area contributed by atoms with Crippen LogP contribution in [0.15, 0.2) is 54.7 Å². The standard InChI is InChI=1S/C17H17N3O/c1-12-2-7-16-15(10-12)8-9-20(16)11-13-3-5-14(6-4-13)17(21)19-18/h2-10H,11,18H2,1H3,(H,19,21). The van der Waals surface area contributed by atoms with E-state index in [9.17, 15) is 4.79 Å². The number of nitrogen functional groups attached to an aromatic ring is 1. The Morgan fingerprint density at radius 2 is 1.90 bits per heavy atom. The zero-order chi connectivity index (χ0) is 14.8. The van der Waals surface area contributed by atoms with Gasteiger partial charge in [-0.3, -0.25) is 10.2 Å². The van der Waals surface area contributed by atoms with Gasteiger partial charge in [0.1, 0.15) is 0 Å². The molecular formula is C17H17N3O. The Labute approximate surface area is 123 Å². The van der Waals surface area contributed by atoms with Crippen LogP contribution in [0.3, 0.4) is 0 Å². The predicted octanol–water partition coefficient (Wildman–Crippen LogP) is 2.60. The maximum Gasteiger partial charge on any atom is 0.265 e. The van der Waals surface area contributed by atoms with Gasteiger partial charge < -0.3 is 4.57 Å². The van der Waals surface area contributed by atoms with E-state index in [1.54, 1.807) is 12.1 Å². The lowest BCUT2D eigenvalue weighted by atomic mass is 10.1. The molecule has 0 bridgehead atoms. The largest absolute Gasteiger partial charge is 0.343 e. The van der Waals surface area contributed by atoms with Gasteiger partial charge in [-0.15, -0.1) is 0 Å². The molecule has 0 aliphatic heterocycles. The number of carbonyl (C=O) groups is 1. The molecular weight excluding hydrogens is 262 g/mol.